The van der Waals surface area contributed by atoms with Crippen LogP contribution in [-0.4, -0.2) is 115 Å². The molecule has 4 saturated heterocycles. The van der Waals surface area contributed by atoms with E-state index in [-0.39, 0.29) is 53.1 Å². The molecular weight excluding hydrogens is 536 g/mol. The second-order valence-corrected chi connectivity index (χ2v) is 14.4. The summed E-state index contributed by atoms with van der Waals surface area (Å²) >= 11 is 3.80. The molecule has 39 heavy (non-hydrogen) atoms. The average Bonchev–Trinajstić information content (AvgIpc) is 3.57. The van der Waals surface area contributed by atoms with Gasteiger partial charge in [0.15, 0.2) is 5.78 Å². The van der Waals surface area contributed by atoms with Gasteiger partial charge in [-0.1, -0.05) is 12.8 Å². The highest BCUT2D eigenvalue weighted by molar-refractivity contribution is 8.04. The highest BCUT2D eigenvalue weighted by Crippen LogP contribution is 2.47. The van der Waals surface area contributed by atoms with E-state index in [0.717, 1.165) is 49.6 Å². The molecule has 8 unspecified atom stereocenters. The van der Waals surface area contributed by atoms with E-state index in [1.165, 1.54) is 12.8 Å². The van der Waals surface area contributed by atoms with E-state index in [4.69, 9.17) is 20.9 Å². The number of morpholine rings is 1. The smallest absolute Gasteiger partial charge is 0.236 e. The Balaban J connectivity index is 1.12. The summed E-state index contributed by atoms with van der Waals surface area (Å²) in [5.74, 6) is 1.10. The Bertz CT molecular complexity index is 936. The van der Waals surface area contributed by atoms with Crippen LogP contribution < -0.4 is 27.4 Å². The number of amides is 1. The molecule has 0 aromatic carbocycles. The van der Waals surface area contributed by atoms with E-state index in [1.807, 2.05) is 23.5 Å². The van der Waals surface area contributed by atoms with Crippen molar-refractivity contribution in [1.82, 2.24) is 20.9 Å². The van der Waals surface area contributed by atoms with Crippen molar-refractivity contribution in [1.29, 1.82) is 0 Å². The van der Waals surface area contributed by atoms with Crippen molar-refractivity contribution >= 4 is 35.2 Å². The van der Waals surface area contributed by atoms with E-state index >= 15 is 0 Å². The normalized spacial score (nSPS) is 43.3. The maximum Gasteiger partial charge on any atom is 0.236 e. The summed E-state index contributed by atoms with van der Waals surface area (Å²) in [6.45, 7) is 4.35. The summed E-state index contributed by atoms with van der Waals surface area (Å²) in [5.41, 5.74) is 12.3. The van der Waals surface area contributed by atoms with Crippen LogP contribution in [0.3, 0.4) is 0 Å². The number of rotatable bonds is 7. The Morgan fingerprint density at radius 3 is 2.69 bits per heavy atom. The number of carbonyl (C=O) groups is 2. The minimum atomic E-state index is -0.400. The van der Waals surface area contributed by atoms with Crippen molar-refractivity contribution in [2.75, 3.05) is 45.2 Å². The third-order valence-corrected chi connectivity index (χ3v) is 12.4. The third-order valence-electron chi connectivity index (χ3n) is 9.40. The van der Waals surface area contributed by atoms with Gasteiger partial charge in [-0.3, -0.25) is 9.59 Å². The Kier molecular flexibility index (Phi) is 9.11. The van der Waals surface area contributed by atoms with Crippen molar-refractivity contribution in [3.63, 3.8) is 0 Å². The molecule has 10 nitrogen and oxygen atoms in total. The summed E-state index contributed by atoms with van der Waals surface area (Å²) in [5, 5.41) is 12.6. The lowest BCUT2D eigenvalue weighted by Gasteiger charge is -2.42. The zero-order chi connectivity index (χ0) is 26.9. The first-order valence-corrected chi connectivity index (χ1v) is 16.7. The molecule has 12 heteroatoms. The van der Waals surface area contributed by atoms with Crippen LogP contribution in [0, 0.1) is 5.92 Å². The quantitative estimate of drug-likeness (QED) is 0.272. The molecule has 0 aromatic rings. The number of ketones is 1. The molecule has 6 rings (SSSR count). The molecule has 1 amide bonds. The summed E-state index contributed by atoms with van der Waals surface area (Å²) < 4.78 is 11.7. The monoisotopic (exact) mass is 580 g/mol. The zero-order valence-corrected chi connectivity index (χ0v) is 24.2. The van der Waals surface area contributed by atoms with Gasteiger partial charge in [0.2, 0.25) is 5.91 Å². The number of nitrogens with one attached hydrogen (secondary N) is 3. The van der Waals surface area contributed by atoms with Crippen molar-refractivity contribution in [2.24, 2.45) is 17.4 Å². The highest BCUT2D eigenvalue weighted by Gasteiger charge is 2.51. The molecule has 6 aliphatic rings. The van der Waals surface area contributed by atoms with Crippen molar-refractivity contribution in [3.05, 3.63) is 11.1 Å². The minimum absolute atomic E-state index is 0.0534. The average molecular weight is 581 g/mol. The van der Waals surface area contributed by atoms with Crippen molar-refractivity contribution < 1.29 is 19.1 Å². The van der Waals surface area contributed by atoms with Crippen LogP contribution in [0.25, 0.3) is 0 Å². The van der Waals surface area contributed by atoms with Gasteiger partial charge in [-0.15, -0.1) is 11.8 Å². The lowest BCUT2D eigenvalue weighted by molar-refractivity contribution is -0.123. The van der Waals surface area contributed by atoms with Gasteiger partial charge in [0.25, 0.3) is 0 Å². The molecule has 7 N–H and O–H groups in total. The van der Waals surface area contributed by atoms with Crippen LogP contribution in [0.4, 0.5) is 0 Å². The number of carbonyl (C=O) groups excluding carboxylic acids is 2. The van der Waals surface area contributed by atoms with Gasteiger partial charge < -0.3 is 41.8 Å². The van der Waals surface area contributed by atoms with Gasteiger partial charge >= 0.3 is 0 Å². The van der Waals surface area contributed by atoms with Gasteiger partial charge in [-0.05, 0) is 31.4 Å². The van der Waals surface area contributed by atoms with E-state index in [1.54, 1.807) is 6.08 Å². The highest BCUT2D eigenvalue weighted by atomic mass is 32.2. The predicted octanol–water partition coefficient (Wildman–Crippen LogP) is -0.233. The summed E-state index contributed by atoms with van der Waals surface area (Å²) in [4.78, 5) is 27.8. The molecule has 218 valence electrons. The molecule has 5 aliphatic heterocycles. The number of fused-ring (bicyclic) bond motifs is 1. The number of hydrogen-bond donors (Lipinski definition) is 5. The topological polar surface area (TPSA) is 144 Å². The van der Waals surface area contributed by atoms with Crippen LogP contribution in [-0.2, 0) is 19.1 Å². The summed E-state index contributed by atoms with van der Waals surface area (Å²) in [6, 6.07) is 0.544. The fraction of sp³-hybridized carbons (Fsp3) is 0.852. The maximum absolute atomic E-state index is 13.1. The van der Waals surface area contributed by atoms with Gasteiger partial charge in [0.05, 0.1) is 30.1 Å². The van der Waals surface area contributed by atoms with Gasteiger partial charge in [-0.25, -0.2) is 0 Å². The van der Waals surface area contributed by atoms with Crippen LogP contribution in [0.1, 0.15) is 38.5 Å². The van der Waals surface area contributed by atoms with Gasteiger partial charge in [-0.2, -0.15) is 11.8 Å². The van der Waals surface area contributed by atoms with Gasteiger partial charge in [0, 0.05) is 67.1 Å². The third kappa shape index (κ3) is 6.18. The Morgan fingerprint density at radius 2 is 1.90 bits per heavy atom. The fourth-order valence-corrected chi connectivity index (χ4v) is 10.6. The van der Waals surface area contributed by atoms with Gasteiger partial charge in [0.1, 0.15) is 12.1 Å². The zero-order valence-electron chi connectivity index (χ0n) is 22.6. The summed E-state index contributed by atoms with van der Waals surface area (Å²) in [6.07, 6.45) is 7.88. The lowest BCUT2D eigenvalue weighted by Crippen LogP contribution is -2.67. The van der Waals surface area contributed by atoms with Crippen LogP contribution in [0.15, 0.2) is 11.1 Å². The first kappa shape index (κ1) is 28.3. The number of hydrogen-bond acceptors (Lipinski definition) is 11. The molecule has 0 aromatic heterocycles. The van der Waals surface area contributed by atoms with Crippen LogP contribution in [0.2, 0.25) is 0 Å². The molecule has 0 radical (unpaired) electrons. The molecule has 1 saturated carbocycles. The largest absolute Gasteiger partial charge is 0.378 e. The SMILES string of the molecule is NC(=O)C1NCC(N[C@H]2CCCC[C@H]2N)CC1NC1CCSC1C1COC2C(=O)C=C(N3CCOCC3)SC21. The second kappa shape index (κ2) is 12.6. The number of thioether (sulfide) groups is 2. The number of ether oxygens (including phenoxy) is 2. The second-order valence-electron chi connectivity index (χ2n) is 11.9. The standard InChI is InChI=1S/C27H44N6O4S2/c28-17-3-1-2-4-18(17)31-15-11-20(23(27(29)35)30-13-15)32-19-5-10-38-25(19)16-14-37-24-21(34)12-22(39-26(16)24)33-6-8-36-9-7-33/h12,15-20,23-26,30-32H,1-11,13-14,28H2,(H2,29,35)/t15?,16?,17-,18+,19?,20?,23?,24?,25?,26?/m1/s1. The molecule has 5 fully saturated rings. The van der Waals surface area contributed by atoms with Crippen LogP contribution in [0.5, 0.6) is 0 Å². The first-order chi connectivity index (χ1) is 19.0. The molecule has 0 bridgehead atoms. The first-order valence-electron chi connectivity index (χ1n) is 14.8. The molecule has 0 spiro atoms. The number of primary amides is 1. The minimum Gasteiger partial charge on any atom is -0.378 e. The fourth-order valence-electron chi connectivity index (χ4n) is 7.31. The van der Waals surface area contributed by atoms with Crippen LogP contribution >= 0.6 is 23.5 Å². The molecular formula is C27H44N6O4S2. The lowest BCUT2D eigenvalue weighted by atomic mass is 9.87. The Hall–Kier alpha value is -0.860. The molecule has 1 aliphatic carbocycles. The number of nitrogens with two attached hydrogens (primary N) is 2. The number of piperidine rings is 1. The molecule has 10 atom stereocenters. The predicted molar refractivity (Wildman–Crippen MR) is 154 cm³/mol. The van der Waals surface area contributed by atoms with Crippen molar-refractivity contribution in [2.45, 2.75) is 91.4 Å². The number of nitrogens with zero attached hydrogens (tertiary/aromatic N) is 1. The molecule has 5 heterocycles. The van der Waals surface area contributed by atoms with E-state index in [9.17, 15) is 9.59 Å². The Morgan fingerprint density at radius 1 is 1.08 bits per heavy atom. The van der Waals surface area contributed by atoms with E-state index in [2.05, 4.69) is 20.9 Å². The van der Waals surface area contributed by atoms with E-state index in [0.29, 0.717) is 37.7 Å². The maximum atomic E-state index is 13.1. The van der Waals surface area contributed by atoms with Crippen molar-refractivity contribution in [3.8, 4) is 0 Å². The Labute approximate surface area is 239 Å². The summed E-state index contributed by atoms with van der Waals surface area (Å²) in [7, 11) is 0. The van der Waals surface area contributed by atoms with E-state index < -0.39 is 6.04 Å².